The van der Waals surface area contributed by atoms with Gasteiger partial charge in [0.05, 0.1) is 19.8 Å². The summed E-state index contributed by atoms with van der Waals surface area (Å²) in [6.07, 6.45) is 3.03. The lowest BCUT2D eigenvalue weighted by Gasteiger charge is -2.11. The van der Waals surface area contributed by atoms with Gasteiger partial charge in [-0.1, -0.05) is 11.6 Å². The number of rotatable bonds is 3. The van der Waals surface area contributed by atoms with Gasteiger partial charge in [0, 0.05) is 16.5 Å². The fraction of sp³-hybridized carbons (Fsp3) is 0.538. The summed E-state index contributed by atoms with van der Waals surface area (Å²) in [5.74, 6) is 6.54. The molecule has 2 N–H and O–H groups in total. The number of benzene rings is 1. The zero-order valence-corrected chi connectivity index (χ0v) is 10.8. The van der Waals surface area contributed by atoms with Crippen molar-refractivity contribution >= 4 is 11.6 Å². The van der Waals surface area contributed by atoms with Gasteiger partial charge in [0.2, 0.25) is 0 Å². The Balaban J connectivity index is 1.83. The largest absolute Gasteiger partial charge is 0.489 e. The smallest absolute Gasteiger partial charge is 0.162 e. The van der Waals surface area contributed by atoms with Crippen LogP contribution in [-0.4, -0.2) is 19.8 Å². The van der Waals surface area contributed by atoms with Crippen molar-refractivity contribution in [3.8, 4) is 11.5 Å². The van der Waals surface area contributed by atoms with E-state index in [4.69, 9.17) is 27.0 Å². The van der Waals surface area contributed by atoms with Gasteiger partial charge in [-0.3, -0.25) is 0 Å². The summed E-state index contributed by atoms with van der Waals surface area (Å²) in [7, 11) is 0. The molecule has 0 radical (unpaired) electrons. The molecule has 0 atom stereocenters. The SMILES string of the molecule is NOCCc1cc2c(cc1Cl)OCC1(CC1)CO2. The van der Waals surface area contributed by atoms with Gasteiger partial charge in [-0.25, -0.2) is 5.90 Å². The first kappa shape index (κ1) is 12.1. The number of hydrogen-bond acceptors (Lipinski definition) is 4. The van der Waals surface area contributed by atoms with Crippen LogP contribution in [0.15, 0.2) is 12.1 Å². The maximum Gasteiger partial charge on any atom is 0.162 e. The molecule has 18 heavy (non-hydrogen) atoms. The summed E-state index contributed by atoms with van der Waals surface area (Å²) < 4.78 is 11.6. The van der Waals surface area contributed by atoms with Crippen molar-refractivity contribution in [2.24, 2.45) is 11.3 Å². The van der Waals surface area contributed by atoms with Crippen LogP contribution in [0.4, 0.5) is 0 Å². The first-order valence-electron chi connectivity index (χ1n) is 6.12. The topological polar surface area (TPSA) is 53.7 Å². The second kappa shape index (κ2) is 4.61. The Bertz CT molecular complexity index is 460. The Morgan fingerprint density at radius 1 is 1.22 bits per heavy atom. The van der Waals surface area contributed by atoms with E-state index in [0.717, 1.165) is 30.3 Å². The van der Waals surface area contributed by atoms with E-state index in [1.807, 2.05) is 12.1 Å². The van der Waals surface area contributed by atoms with Crippen LogP contribution in [0.3, 0.4) is 0 Å². The third-order valence-electron chi connectivity index (χ3n) is 3.63. The molecule has 0 bridgehead atoms. The second-order valence-corrected chi connectivity index (χ2v) is 5.50. The van der Waals surface area contributed by atoms with Crippen LogP contribution in [0.1, 0.15) is 18.4 Å². The molecule has 4 nitrogen and oxygen atoms in total. The molecule has 0 amide bonds. The molecule has 5 heteroatoms. The Kier molecular flexibility index (Phi) is 3.09. The minimum absolute atomic E-state index is 0.242. The zero-order valence-electron chi connectivity index (χ0n) is 10.1. The van der Waals surface area contributed by atoms with Crippen molar-refractivity contribution in [2.45, 2.75) is 19.3 Å². The fourth-order valence-electron chi connectivity index (χ4n) is 2.13. The number of nitrogens with two attached hydrogens (primary N) is 1. The summed E-state index contributed by atoms with van der Waals surface area (Å²) in [6, 6.07) is 3.75. The minimum Gasteiger partial charge on any atom is -0.489 e. The number of ether oxygens (including phenoxy) is 2. The van der Waals surface area contributed by atoms with E-state index in [-0.39, 0.29) is 5.41 Å². The maximum atomic E-state index is 6.21. The number of fused-ring (bicyclic) bond motifs is 1. The molecular formula is C13H16ClNO3. The van der Waals surface area contributed by atoms with Gasteiger partial charge < -0.3 is 14.3 Å². The van der Waals surface area contributed by atoms with Crippen molar-refractivity contribution in [3.05, 3.63) is 22.7 Å². The van der Waals surface area contributed by atoms with Crippen molar-refractivity contribution in [2.75, 3.05) is 19.8 Å². The maximum absolute atomic E-state index is 6.21. The molecular weight excluding hydrogens is 254 g/mol. The summed E-state index contributed by atoms with van der Waals surface area (Å²) in [4.78, 5) is 4.58. The van der Waals surface area contributed by atoms with E-state index in [1.165, 1.54) is 12.8 Å². The molecule has 0 unspecified atom stereocenters. The van der Waals surface area contributed by atoms with Crippen LogP contribution in [0, 0.1) is 5.41 Å². The number of hydrogen-bond donors (Lipinski definition) is 1. The summed E-state index contributed by atoms with van der Waals surface area (Å²) in [5, 5.41) is 0.668. The van der Waals surface area contributed by atoms with E-state index in [1.54, 1.807) is 0 Å². The molecule has 1 aliphatic heterocycles. The highest BCUT2D eigenvalue weighted by Gasteiger charge is 2.46. The highest BCUT2D eigenvalue weighted by Crippen LogP contribution is 2.49. The Labute approximate surface area is 111 Å². The van der Waals surface area contributed by atoms with Crippen molar-refractivity contribution in [1.82, 2.24) is 0 Å². The van der Waals surface area contributed by atoms with Gasteiger partial charge in [0.1, 0.15) is 0 Å². The molecule has 1 fully saturated rings. The summed E-state index contributed by atoms with van der Waals surface area (Å²) in [5.41, 5.74) is 1.21. The molecule has 1 aromatic carbocycles. The lowest BCUT2D eigenvalue weighted by atomic mass is 10.1. The second-order valence-electron chi connectivity index (χ2n) is 5.09. The van der Waals surface area contributed by atoms with Crippen molar-refractivity contribution in [1.29, 1.82) is 0 Å². The average molecular weight is 270 g/mol. The van der Waals surface area contributed by atoms with Gasteiger partial charge in [0.15, 0.2) is 11.5 Å². The molecule has 1 spiro atoms. The van der Waals surface area contributed by atoms with E-state index in [2.05, 4.69) is 4.84 Å². The average Bonchev–Trinajstić information content (AvgIpc) is 3.16. The van der Waals surface area contributed by atoms with Gasteiger partial charge in [0.25, 0.3) is 0 Å². The lowest BCUT2D eigenvalue weighted by Crippen LogP contribution is -2.17. The predicted octanol–water partition coefficient (Wildman–Crippen LogP) is 2.32. The first-order chi connectivity index (χ1) is 8.72. The van der Waals surface area contributed by atoms with Crippen molar-refractivity contribution < 1.29 is 14.3 Å². The Hall–Kier alpha value is -0.970. The summed E-state index contributed by atoms with van der Waals surface area (Å²) >= 11 is 6.21. The molecule has 3 rings (SSSR count). The molecule has 1 saturated carbocycles. The van der Waals surface area contributed by atoms with Gasteiger partial charge >= 0.3 is 0 Å². The highest BCUT2D eigenvalue weighted by molar-refractivity contribution is 6.31. The first-order valence-corrected chi connectivity index (χ1v) is 6.50. The Morgan fingerprint density at radius 2 is 1.89 bits per heavy atom. The molecule has 1 heterocycles. The standard InChI is InChI=1S/C13H16ClNO3/c14-10-6-12-11(5-9(10)1-4-18-15)16-7-13(2-3-13)8-17-12/h5-6H,1-4,7-8,15H2. The van der Waals surface area contributed by atoms with Gasteiger partial charge in [-0.2, -0.15) is 0 Å². The van der Waals surface area contributed by atoms with Crippen molar-refractivity contribution in [3.63, 3.8) is 0 Å². The van der Waals surface area contributed by atoms with E-state index < -0.39 is 0 Å². The van der Waals surface area contributed by atoms with Crippen LogP contribution in [0.5, 0.6) is 11.5 Å². The number of halogens is 1. The molecule has 0 saturated heterocycles. The zero-order chi connectivity index (χ0) is 12.6. The van der Waals surface area contributed by atoms with Crippen LogP contribution >= 0.6 is 11.6 Å². The quantitative estimate of drug-likeness (QED) is 0.856. The molecule has 1 aliphatic carbocycles. The van der Waals surface area contributed by atoms with Gasteiger partial charge in [-0.05, 0) is 30.9 Å². The summed E-state index contributed by atoms with van der Waals surface area (Å²) in [6.45, 7) is 1.89. The third kappa shape index (κ3) is 2.28. The van der Waals surface area contributed by atoms with Crippen LogP contribution in [0.25, 0.3) is 0 Å². The van der Waals surface area contributed by atoms with E-state index in [0.29, 0.717) is 18.1 Å². The molecule has 98 valence electrons. The monoisotopic (exact) mass is 269 g/mol. The minimum atomic E-state index is 0.242. The van der Waals surface area contributed by atoms with Gasteiger partial charge in [-0.15, -0.1) is 0 Å². The highest BCUT2D eigenvalue weighted by atomic mass is 35.5. The Morgan fingerprint density at radius 3 is 2.50 bits per heavy atom. The lowest BCUT2D eigenvalue weighted by molar-refractivity contribution is 0.141. The molecule has 0 aromatic heterocycles. The van der Waals surface area contributed by atoms with Crippen LogP contribution in [0.2, 0.25) is 5.02 Å². The van der Waals surface area contributed by atoms with E-state index in [9.17, 15) is 0 Å². The van der Waals surface area contributed by atoms with E-state index >= 15 is 0 Å². The molecule has 2 aliphatic rings. The third-order valence-corrected chi connectivity index (χ3v) is 3.98. The molecule has 1 aromatic rings. The van der Waals surface area contributed by atoms with Crippen LogP contribution in [-0.2, 0) is 11.3 Å². The van der Waals surface area contributed by atoms with Crippen LogP contribution < -0.4 is 15.4 Å². The fourth-order valence-corrected chi connectivity index (χ4v) is 2.38. The normalized spacial score (nSPS) is 19.7. The predicted molar refractivity (Wildman–Crippen MR) is 68.0 cm³/mol.